The Kier molecular flexibility index (Phi) is 4.82. The summed E-state index contributed by atoms with van der Waals surface area (Å²) in [5.74, 6) is 0.848. The lowest BCUT2D eigenvalue weighted by molar-refractivity contribution is 0.0947. The summed E-state index contributed by atoms with van der Waals surface area (Å²) in [7, 11) is 0. The summed E-state index contributed by atoms with van der Waals surface area (Å²) in [6.07, 6.45) is 7.89. The number of fused-ring (bicyclic) bond motifs is 3. The van der Waals surface area contributed by atoms with Crippen LogP contribution in [0.5, 0.6) is 0 Å². The van der Waals surface area contributed by atoms with Crippen LogP contribution in [0.3, 0.4) is 0 Å². The zero-order valence-corrected chi connectivity index (χ0v) is 13.4. The van der Waals surface area contributed by atoms with Crippen LogP contribution in [0.2, 0.25) is 0 Å². The third-order valence-corrected chi connectivity index (χ3v) is 4.38. The van der Waals surface area contributed by atoms with Crippen LogP contribution in [0.15, 0.2) is 6.20 Å². The number of carbonyl (C=O) groups is 1. The van der Waals surface area contributed by atoms with Crippen LogP contribution in [-0.2, 0) is 12.8 Å². The lowest BCUT2D eigenvalue weighted by atomic mass is 9.94. The van der Waals surface area contributed by atoms with Crippen LogP contribution in [-0.4, -0.2) is 38.6 Å². The Morgan fingerprint density at radius 3 is 2.95 bits per heavy atom. The average molecular weight is 319 g/mol. The zero-order valence-electron chi connectivity index (χ0n) is 12.5. The minimum Gasteiger partial charge on any atom is -0.351 e. The molecule has 1 amide bonds. The maximum Gasteiger partial charge on any atom is 0.272 e. The van der Waals surface area contributed by atoms with Gasteiger partial charge in [0.15, 0.2) is 5.69 Å². The molecule has 0 aromatic carbocycles. The van der Waals surface area contributed by atoms with E-state index in [-0.39, 0.29) is 5.91 Å². The van der Waals surface area contributed by atoms with E-state index in [0.717, 1.165) is 60.4 Å². The fourth-order valence-corrected chi connectivity index (χ4v) is 3.09. The molecule has 0 spiro atoms. The molecule has 0 bridgehead atoms. The summed E-state index contributed by atoms with van der Waals surface area (Å²) >= 11 is 4.19. The minimum atomic E-state index is -0.0846. The highest BCUT2D eigenvalue weighted by Gasteiger charge is 2.26. The van der Waals surface area contributed by atoms with Crippen molar-refractivity contribution in [3.8, 4) is 11.3 Å². The first-order valence-electron chi connectivity index (χ1n) is 7.80. The van der Waals surface area contributed by atoms with Gasteiger partial charge in [-0.1, -0.05) is 12.8 Å². The van der Waals surface area contributed by atoms with Crippen LogP contribution < -0.4 is 5.32 Å². The van der Waals surface area contributed by atoms with Gasteiger partial charge >= 0.3 is 0 Å². The monoisotopic (exact) mass is 319 g/mol. The second-order valence-corrected chi connectivity index (χ2v) is 6.03. The number of nitrogens with zero attached hydrogens (tertiary/aromatic N) is 2. The summed E-state index contributed by atoms with van der Waals surface area (Å²) in [5.41, 5.74) is 4.58. The van der Waals surface area contributed by atoms with Crippen molar-refractivity contribution in [1.29, 1.82) is 0 Å². The first-order valence-corrected chi connectivity index (χ1v) is 8.43. The second-order valence-electron chi connectivity index (χ2n) is 5.58. The molecule has 1 aliphatic carbocycles. The van der Waals surface area contributed by atoms with Crippen molar-refractivity contribution in [2.75, 3.05) is 12.3 Å². The predicted molar refractivity (Wildman–Crippen MR) is 88.2 cm³/mol. The van der Waals surface area contributed by atoms with E-state index in [2.05, 4.69) is 38.3 Å². The molecule has 7 heteroatoms. The van der Waals surface area contributed by atoms with Gasteiger partial charge < -0.3 is 5.32 Å². The Bertz CT molecular complexity index is 648. The number of aromatic amines is 2. The van der Waals surface area contributed by atoms with E-state index in [9.17, 15) is 4.79 Å². The third kappa shape index (κ3) is 3.04. The molecule has 118 valence electrons. The number of carbonyl (C=O) groups excluding carboxylic acids is 1. The van der Waals surface area contributed by atoms with Crippen LogP contribution in [0.4, 0.5) is 0 Å². The number of aryl methyl sites for hydroxylation is 1. The van der Waals surface area contributed by atoms with Crippen molar-refractivity contribution in [2.45, 2.75) is 38.5 Å². The Hall–Kier alpha value is -1.76. The van der Waals surface area contributed by atoms with E-state index in [0.29, 0.717) is 12.2 Å². The smallest absolute Gasteiger partial charge is 0.272 e. The predicted octanol–water partition coefficient (Wildman–Crippen LogP) is 2.12. The van der Waals surface area contributed by atoms with Crippen LogP contribution in [0.1, 0.15) is 47.4 Å². The first kappa shape index (κ1) is 15.1. The number of H-pyrrole nitrogens is 2. The zero-order chi connectivity index (χ0) is 15.4. The van der Waals surface area contributed by atoms with E-state index < -0.39 is 0 Å². The molecule has 3 N–H and O–H groups in total. The van der Waals surface area contributed by atoms with Gasteiger partial charge in [0, 0.05) is 23.4 Å². The topological polar surface area (TPSA) is 86.5 Å². The van der Waals surface area contributed by atoms with Crippen molar-refractivity contribution in [2.24, 2.45) is 0 Å². The summed E-state index contributed by atoms with van der Waals surface area (Å²) in [4.78, 5) is 12.3. The highest BCUT2D eigenvalue weighted by Crippen LogP contribution is 2.31. The molecule has 0 atom stereocenters. The molecule has 2 aromatic rings. The van der Waals surface area contributed by atoms with Crippen molar-refractivity contribution >= 4 is 18.5 Å². The van der Waals surface area contributed by atoms with Gasteiger partial charge in [-0.25, -0.2) is 0 Å². The van der Waals surface area contributed by atoms with Gasteiger partial charge in [-0.3, -0.25) is 15.0 Å². The van der Waals surface area contributed by atoms with Crippen LogP contribution in [0.25, 0.3) is 11.3 Å². The molecule has 0 unspecified atom stereocenters. The number of nitrogens with one attached hydrogen (secondary N) is 3. The van der Waals surface area contributed by atoms with Gasteiger partial charge in [0.2, 0.25) is 0 Å². The first-order chi connectivity index (χ1) is 10.8. The van der Waals surface area contributed by atoms with E-state index >= 15 is 0 Å². The van der Waals surface area contributed by atoms with E-state index in [1.165, 1.54) is 6.42 Å². The Labute approximate surface area is 134 Å². The summed E-state index contributed by atoms with van der Waals surface area (Å²) in [6.45, 7) is 0.698. The van der Waals surface area contributed by atoms with Gasteiger partial charge in [0.1, 0.15) is 0 Å². The van der Waals surface area contributed by atoms with Crippen molar-refractivity contribution in [3.05, 3.63) is 23.1 Å². The summed E-state index contributed by atoms with van der Waals surface area (Å²) in [5, 5.41) is 17.2. The van der Waals surface area contributed by atoms with Gasteiger partial charge in [-0.05, 0) is 31.4 Å². The van der Waals surface area contributed by atoms with Crippen molar-refractivity contribution in [1.82, 2.24) is 25.7 Å². The fraction of sp³-hybridized carbons (Fsp3) is 0.533. The molecular formula is C15H21N5OS. The van der Waals surface area contributed by atoms with E-state index in [1.54, 1.807) is 6.20 Å². The largest absolute Gasteiger partial charge is 0.351 e. The average Bonchev–Trinajstić information content (AvgIpc) is 3.15. The summed E-state index contributed by atoms with van der Waals surface area (Å²) < 4.78 is 0. The van der Waals surface area contributed by atoms with Gasteiger partial charge in [-0.15, -0.1) is 0 Å². The normalized spacial score (nSPS) is 12.8. The lowest BCUT2D eigenvalue weighted by Gasteiger charge is -2.11. The van der Waals surface area contributed by atoms with Crippen molar-refractivity contribution in [3.63, 3.8) is 0 Å². The number of thiol groups is 1. The van der Waals surface area contributed by atoms with E-state index in [1.807, 2.05) is 0 Å². The molecule has 0 saturated carbocycles. The second kappa shape index (κ2) is 7.00. The van der Waals surface area contributed by atoms with Crippen LogP contribution in [0, 0.1) is 0 Å². The molecular weight excluding hydrogens is 298 g/mol. The Balaban J connectivity index is 1.59. The van der Waals surface area contributed by atoms with Crippen LogP contribution >= 0.6 is 12.6 Å². The van der Waals surface area contributed by atoms with Gasteiger partial charge in [0.25, 0.3) is 5.91 Å². The highest BCUT2D eigenvalue weighted by atomic mass is 32.1. The Morgan fingerprint density at radius 1 is 1.23 bits per heavy atom. The molecule has 3 rings (SSSR count). The molecule has 0 aliphatic heterocycles. The Morgan fingerprint density at radius 2 is 2.09 bits per heavy atom. The fourth-order valence-electron chi connectivity index (χ4n) is 2.86. The molecule has 0 saturated heterocycles. The molecule has 1 aliphatic rings. The quantitative estimate of drug-likeness (QED) is 0.466. The molecule has 22 heavy (non-hydrogen) atoms. The lowest BCUT2D eigenvalue weighted by Crippen LogP contribution is -2.26. The molecule has 6 nitrogen and oxygen atoms in total. The number of rotatable bonds is 7. The third-order valence-electron chi connectivity index (χ3n) is 4.07. The van der Waals surface area contributed by atoms with E-state index in [4.69, 9.17) is 0 Å². The number of amides is 1. The molecule has 2 aromatic heterocycles. The van der Waals surface area contributed by atoms with Crippen molar-refractivity contribution < 1.29 is 4.79 Å². The van der Waals surface area contributed by atoms with Gasteiger partial charge in [0.05, 0.1) is 11.9 Å². The number of aromatic nitrogens is 4. The summed E-state index contributed by atoms with van der Waals surface area (Å²) in [6, 6.07) is 0. The molecule has 0 fully saturated rings. The maximum absolute atomic E-state index is 12.3. The highest BCUT2D eigenvalue weighted by molar-refractivity contribution is 7.80. The number of hydrogen-bond acceptors (Lipinski definition) is 4. The number of unbranched alkanes of at least 4 members (excludes halogenated alkanes) is 3. The van der Waals surface area contributed by atoms with Gasteiger partial charge in [-0.2, -0.15) is 22.8 Å². The maximum atomic E-state index is 12.3. The standard InChI is InChI=1S/C15H21N5OS/c21-15(16-7-3-1-2-4-8-22)14-10-5-6-12-11(9-17-18-12)13(10)19-20-14/h9,22H,1-8H2,(H,16,21)(H,17,18)(H,19,20). The number of hydrogen-bond donors (Lipinski definition) is 4. The molecule has 0 radical (unpaired) electrons. The SMILES string of the molecule is O=C(NCCCCCCS)c1n[nH]c2c1CCc1[nH]ncc1-2. The molecule has 2 heterocycles. The minimum absolute atomic E-state index is 0.0846.